The molecule has 1 amide bonds. The molecule has 1 heterocycles. The van der Waals surface area contributed by atoms with E-state index in [2.05, 4.69) is 10.5 Å². The van der Waals surface area contributed by atoms with E-state index in [1.54, 1.807) is 0 Å². The van der Waals surface area contributed by atoms with Crippen LogP contribution in [0.2, 0.25) is 0 Å². The average molecular weight is 300 g/mol. The third-order valence-corrected chi connectivity index (χ3v) is 3.94. The lowest BCUT2D eigenvalue weighted by atomic mass is 10.2. The third-order valence-electron chi connectivity index (χ3n) is 2.96. The van der Waals surface area contributed by atoms with Crippen LogP contribution in [0, 0.1) is 11.6 Å². The largest absolute Gasteiger partial charge is 0.326 e. The first-order chi connectivity index (χ1) is 9.65. The van der Waals surface area contributed by atoms with Gasteiger partial charge in [-0.25, -0.2) is 14.2 Å². The molecule has 0 aromatic heterocycles. The van der Waals surface area contributed by atoms with Crippen LogP contribution in [0.5, 0.6) is 0 Å². The summed E-state index contributed by atoms with van der Waals surface area (Å²) in [5, 5.41) is 3.75. The Morgan fingerprint density at radius 3 is 2.80 bits per heavy atom. The molecule has 1 fully saturated rings. The summed E-state index contributed by atoms with van der Waals surface area (Å²) in [6.45, 7) is 2.34. The van der Waals surface area contributed by atoms with Crippen LogP contribution in [-0.2, 0) is 4.79 Å². The summed E-state index contributed by atoms with van der Waals surface area (Å²) in [7, 11) is 0. The van der Waals surface area contributed by atoms with Crippen molar-refractivity contribution in [2.75, 3.05) is 31.1 Å². The highest BCUT2D eigenvalue weighted by molar-refractivity contribution is 7.99. The Kier molecular flexibility index (Phi) is 5.49. The van der Waals surface area contributed by atoms with Crippen molar-refractivity contribution in [3.05, 3.63) is 35.4 Å². The molecule has 1 aromatic rings. The molecule has 0 radical (unpaired) electrons. The Balaban J connectivity index is 1.79. The van der Waals surface area contributed by atoms with Crippen LogP contribution in [0.15, 0.2) is 23.3 Å². The van der Waals surface area contributed by atoms with Gasteiger partial charge in [0.2, 0.25) is 0 Å². The van der Waals surface area contributed by atoms with Gasteiger partial charge in [0.25, 0.3) is 5.91 Å². The Labute approximate surface area is 120 Å². The highest BCUT2D eigenvalue weighted by Gasteiger charge is 2.16. The molecule has 7 heteroatoms. The smallest absolute Gasteiger partial charge is 0.295 e. The molecule has 4 nitrogen and oxygen atoms in total. The molecule has 1 aliphatic rings. The predicted octanol–water partition coefficient (Wildman–Crippen LogP) is 0.0466. The fourth-order valence-corrected chi connectivity index (χ4v) is 2.95. The fourth-order valence-electron chi connectivity index (χ4n) is 1.87. The van der Waals surface area contributed by atoms with Gasteiger partial charge in [-0.15, -0.1) is 0 Å². The summed E-state index contributed by atoms with van der Waals surface area (Å²) in [4.78, 5) is 12.9. The van der Waals surface area contributed by atoms with Crippen molar-refractivity contribution in [3.8, 4) is 0 Å². The zero-order chi connectivity index (χ0) is 14.4. The normalized spacial score (nSPS) is 16.5. The number of hydrogen-bond donors (Lipinski definition) is 2. The number of halogens is 2. The molecule has 0 bridgehead atoms. The summed E-state index contributed by atoms with van der Waals surface area (Å²) in [5.41, 5.74) is 2.79. The maximum Gasteiger partial charge on any atom is 0.295 e. The fraction of sp³-hybridized carbons (Fsp3) is 0.385. The van der Waals surface area contributed by atoms with Gasteiger partial charge in [0, 0.05) is 11.5 Å². The molecular formula is C13H16F2N3OS+. The topological polar surface area (TPSA) is 45.9 Å². The molecule has 1 saturated heterocycles. The second kappa shape index (κ2) is 7.35. The minimum absolute atomic E-state index is 0.175. The van der Waals surface area contributed by atoms with Crippen LogP contribution in [0.4, 0.5) is 8.78 Å². The average Bonchev–Trinajstić information content (AvgIpc) is 2.44. The van der Waals surface area contributed by atoms with Crippen molar-refractivity contribution in [2.45, 2.75) is 0 Å². The van der Waals surface area contributed by atoms with Crippen LogP contribution in [0.1, 0.15) is 5.56 Å². The van der Waals surface area contributed by atoms with Crippen molar-refractivity contribution >= 4 is 23.9 Å². The summed E-state index contributed by atoms with van der Waals surface area (Å²) in [6, 6.07) is 3.44. The highest BCUT2D eigenvalue weighted by atomic mass is 32.2. The number of amides is 1. The molecule has 0 aliphatic carbocycles. The molecule has 0 saturated carbocycles. The highest BCUT2D eigenvalue weighted by Crippen LogP contribution is 2.06. The number of carbonyl (C=O) groups is 1. The van der Waals surface area contributed by atoms with Crippen LogP contribution in [0.25, 0.3) is 0 Å². The zero-order valence-corrected chi connectivity index (χ0v) is 11.7. The Morgan fingerprint density at radius 2 is 2.10 bits per heavy atom. The number of benzene rings is 1. The molecule has 0 spiro atoms. The summed E-state index contributed by atoms with van der Waals surface area (Å²) < 4.78 is 25.7. The van der Waals surface area contributed by atoms with Crippen molar-refractivity contribution in [3.63, 3.8) is 0 Å². The first kappa shape index (κ1) is 14.9. The molecule has 2 rings (SSSR count). The van der Waals surface area contributed by atoms with E-state index in [0.717, 1.165) is 36.7 Å². The second-order valence-corrected chi connectivity index (χ2v) is 5.73. The third kappa shape index (κ3) is 4.57. The molecule has 0 atom stereocenters. The number of carbonyl (C=O) groups excluding carboxylic acids is 1. The van der Waals surface area contributed by atoms with Crippen molar-refractivity contribution in [2.24, 2.45) is 5.10 Å². The summed E-state index contributed by atoms with van der Waals surface area (Å²) in [6.07, 6.45) is 1.29. The van der Waals surface area contributed by atoms with Crippen molar-refractivity contribution in [1.82, 2.24) is 5.43 Å². The molecule has 0 unspecified atom stereocenters. The lowest BCUT2D eigenvalue weighted by Crippen LogP contribution is -3.14. The van der Waals surface area contributed by atoms with Crippen LogP contribution < -0.4 is 10.3 Å². The van der Waals surface area contributed by atoms with Gasteiger partial charge in [-0.2, -0.15) is 16.9 Å². The van der Waals surface area contributed by atoms with E-state index >= 15 is 0 Å². The van der Waals surface area contributed by atoms with E-state index in [-0.39, 0.29) is 5.91 Å². The van der Waals surface area contributed by atoms with Crippen LogP contribution in [-0.4, -0.2) is 43.3 Å². The van der Waals surface area contributed by atoms with E-state index in [0.29, 0.717) is 12.1 Å². The minimum atomic E-state index is -0.935. The second-order valence-electron chi connectivity index (χ2n) is 4.51. The number of thioether (sulfide) groups is 1. The number of quaternary nitrogens is 1. The Morgan fingerprint density at radius 1 is 1.35 bits per heavy atom. The standard InChI is InChI=1S/C13H15F2N3OS/c14-11-2-1-10(7-12(11)15)8-16-17-13(19)9-18-3-5-20-6-4-18/h1-2,7-8H,3-6,9H2,(H,17,19)/p+1/b16-8-. The SMILES string of the molecule is O=C(C[NH+]1CCSCC1)N/N=C\c1ccc(F)c(F)c1. The van der Waals surface area contributed by atoms with Gasteiger partial charge in [0.15, 0.2) is 18.2 Å². The summed E-state index contributed by atoms with van der Waals surface area (Å²) in [5.74, 6) is 0.126. The van der Waals surface area contributed by atoms with Gasteiger partial charge in [-0.1, -0.05) is 6.07 Å². The lowest BCUT2D eigenvalue weighted by molar-refractivity contribution is -0.888. The van der Waals surface area contributed by atoms with Crippen LogP contribution >= 0.6 is 11.8 Å². The lowest BCUT2D eigenvalue weighted by Gasteiger charge is -2.21. The Bertz CT molecular complexity index is 504. The molecule has 1 aromatic carbocycles. The van der Waals surface area contributed by atoms with E-state index in [9.17, 15) is 13.6 Å². The number of nitrogens with one attached hydrogen (secondary N) is 2. The predicted molar refractivity (Wildman–Crippen MR) is 75.0 cm³/mol. The van der Waals surface area contributed by atoms with E-state index < -0.39 is 11.6 Å². The number of hydrazone groups is 1. The van der Waals surface area contributed by atoms with Gasteiger partial charge in [-0.05, 0) is 17.7 Å². The van der Waals surface area contributed by atoms with Crippen molar-refractivity contribution < 1.29 is 18.5 Å². The number of hydrogen-bond acceptors (Lipinski definition) is 3. The van der Waals surface area contributed by atoms with Gasteiger partial charge in [0.05, 0.1) is 19.3 Å². The molecule has 20 heavy (non-hydrogen) atoms. The molecule has 2 N–H and O–H groups in total. The summed E-state index contributed by atoms with van der Waals surface area (Å²) >= 11 is 1.90. The molecular weight excluding hydrogens is 284 g/mol. The van der Waals surface area contributed by atoms with Gasteiger partial charge < -0.3 is 4.90 Å². The van der Waals surface area contributed by atoms with E-state index in [1.165, 1.54) is 17.2 Å². The first-order valence-electron chi connectivity index (χ1n) is 6.33. The van der Waals surface area contributed by atoms with E-state index in [1.807, 2.05) is 11.8 Å². The van der Waals surface area contributed by atoms with Crippen molar-refractivity contribution in [1.29, 1.82) is 0 Å². The Hall–Kier alpha value is -1.47. The number of rotatable bonds is 4. The zero-order valence-electron chi connectivity index (χ0n) is 10.9. The minimum Gasteiger partial charge on any atom is -0.326 e. The maximum atomic E-state index is 12.9. The van der Waals surface area contributed by atoms with Gasteiger partial charge in [0.1, 0.15) is 0 Å². The van der Waals surface area contributed by atoms with Gasteiger partial charge >= 0.3 is 0 Å². The monoisotopic (exact) mass is 300 g/mol. The van der Waals surface area contributed by atoms with Crippen LogP contribution in [0.3, 0.4) is 0 Å². The first-order valence-corrected chi connectivity index (χ1v) is 7.49. The van der Waals surface area contributed by atoms with Gasteiger partial charge in [-0.3, -0.25) is 4.79 Å². The molecule has 108 valence electrons. The van der Waals surface area contributed by atoms with E-state index in [4.69, 9.17) is 0 Å². The quantitative estimate of drug-likeness (QED) is 0.609. The molecule has 1 aliphatic heterocycles. The number of nitrogens with zero attached hydrogens (tertiary/aromatic N) is 1. The maximum absolute atomic E-state index is 12.9.